The van der Waals surface area contributed by atoms with E-state index in [-0.39, 0.29) is 12.5 Å². The van der Waals surface area contributed by atoms with Crippen LogP contribution in [-0.2, 0) is 11.3 Å². The molecule has 0 spiro atoms. The van der Waals surface area contributed by atoms with E-state index < -0.39 is 5.97 Å². The molecule has 0 N–H and O–H groups in total. The monoisotopic (exact) mass is 296 g/mol. The summed E-state index contributed by atoms with van der Waals surface area (Å²) in [7, 11) is 0. The zero-order chi connectivity index (χ0) is 12.3. The quantitative estimate of drug-likeness (QED) is 0.814. The van der Waals surface area contributed by atoms with E-state index in [0.717, 1.165) is 4.47 Å². The number of esters is 1. The largest absolute Gasteiger partial charge is 0.452 e. The van der Waals surface area contributed by atoms with Gasteiger partial charge in [0.2, 0.25) is 0 Å². The Kier molecular flexibility index (Phi) is 3.53. The summed E-state index contributed by atoms with van der Waals surface area (Å²) in [4.78, 5) is 15.5. The summed E-state index contributed by atoms with van der Waals surface area (Å²) in [6, 6.07) is 6.89. The number of aromatic nitrogens is 2. The third-order valence-electron chi connectivity index (χ3n) is 1.98. The summed E-state index contributed by atoms with van der Waals surface area (Å²) in [5, 5.41) is 3.60. The predicted molar refractivity (Wildman–Crippen MR) is 62.3 cm³/mol. The van der Waals surface area contributed by atoms with Gasteiger partial charge in [0.15, 0.2) is 12.4 Å². The van der Waals surface area contributed by atoms with E-state index in [1.807, 2.05) is 0 Å². The van der Waals surface area contributed by atoms with Crippen LogP contribution in [0, 0.1) is 6.92 Å². The van der Waals surface area contributed by atoms with E-state index in [2.05, 4.69) is 26.1 Å². The van der Waals surface area contributed by atoms with Crippen LogP contribution >= 0.6 is 15.9 Å². The molecule has 0 atom stereocenters. The van der Waals surface area contributed by atoms with Crippen molar-refractivity contribution in [1.29, 1.82) is 0 Å². The number of halogens is 1. The number of benzene rings is 1. The minimum Gasteiger partial charge on any atom is -0.452 e. The molecule has 17 heavy (non-hydrogen) atoms. The van der Waals surface area contributed by atoms with E-state index in [1.54, 1.807) is 31.2 Å². The highest BCUT2D eigenvalue weighted by molar-refractivity contribution is 9.10. The molecule has 2 aromatic rings. The first-order valence-electron chi connectivity index (χ1n) is 4.87. The van der Waals surface area contributed by atoms with E-state index in [0.29, 0.717) is 11.4 Å². The van der Waals surface area contributed by atoms with Crippen molar-refractivity contribution in [3.8, 4) is 0 Å². The molecule has 0 aliphatic heterocycles. The van der Waals surface area contributed by atoms with Gasteiger partial charge in [-0.05, 0) is 31.2 Å². The van der Waals surface area contributed by atoms with Crippen molar-refractivity contribution in [1.82, 2.24) is 10.1 Å². The van der Waals surface area contributed by atoms with Crippen LogP contribution in [0.5, 0.6) is 0 Å². The standard InChI is InChI=1S/C11H9BrN2O3/c1-7-13-10(17-14-7)6-16-11(15)8-2-4-9(12)5-3-8/h2-5H,6H2,1H3. The molecule has 0 saturated carbocycles. The molecule has 0 fully saturated rings. The van der Waals surface area contributed by atoms with E-state index in [1.165, 1.54) is 0 Å². The predicted octanol–water partition coefficient (Wildman–Crippen LogP) is 2.50. The Morgan fingerprint density at radius 1 is 1.41 bits per heavy atom. The second kappa shape index (κ2) is 5.09. The fourth-order valence-corrected chi connectivity index (χ4v) is 1.46. The van der Waals surface area contributed by atoms with Gasteiger partial charge in [0.05, 0.1) is 5.56 Å². The molecule has 0 aliphatic rings. The van der Waals surface area contributed by atoms with Gasteiger partial charge in [0.1, 0.15) is 0 Å². The maximum Gasteiger partial charge on any atom is 0.338 e. The smallest absolute Gasteiger partial charge is 0.338 e. The molecule has 1 aromatic heterocycles. The first kappa shape index (κ1) is 11.8. The highest BCUT2D eigenvalue weighted by Gasteiger charge is 2.09. The van der Waals surface area contributed by atoms with Crippen molar-refractivity contribution in [2.45, 2.75) is 13.5 Å². The van der Waals surface area contributed by atoms with Crippen LogP contribution in [0.25, 0.3) is 0 Å². The normalized spacial score (nSPS) is 10.2. The van der Waals surface area contributed by atoms with Gasteiger partial charge in [-0.3, -0.25) is 0 Å². The zero-order valence-electron chi connectivity index (χ0n) is 9.01. The molecular weight excluding hydrogens is 288 g/mol. The van der Waals surface area contributed by atoms with Crippen LogP contribution in [-0.4, -0.2) is 16.1 Å². The molecule has 0 radical (unpaired) electrons. The number of rotatable bonds is 3. The topological polar surface area (TPSA) is 65.2 Å². The summed E-state index contributed by atoms with van der Waals surface area (Å²) >= 11 is 3.29. The van der Waals surface area contributed by atoms with Gasteiger partial charge in [0.25, 0.3) is 5.89 Å². The molecule has 5 nitrogen and oxygen atoms in total. The van der Waals surface area contributed by atoms with Gasteiger partial charge < -0.3 is 9.26 Å². The summed E-state index contributed by atoms with van der Waals surface area (Å²) in [5.74, 6) is 0.376. The first-order valence-corrected chi connectivity index (χ1v) is 5.66. The fraction of sp³-hybridized carbons (Fsp3) is 0.182. The summed E-state index contributed by atoms with van der Waals surface area (Å²) in [6.07, 6.45) is 0. The maximum absolute atomic E-state index is 11.6. The molecule has 88 valence electrons. The van der Waals surface area contributed by atoms with Gasteiger partial charge >= 0.3 is 5.97 Å². The molecule has 0 aliphatic carbocycles. The highest BCUT2D eigenvalue weighted by atomic mass is 79.9. The maximum atomic E-state index is 11.6. The van der Waals surface area contributed by atoms with Crippen molar-refractivity contribution < 1.29 is 14.1 Å². The Bertz CT molecular complexity index is 522. The zero-order valence-corrected chi connectivity index (χ0v) is 10.6. The number of hydrogen-bond acceptors (Lipinski definition) is 5. The lowest BCUT2D eigenvalue weighted by Crippen LogP contribution is -2.05. The van der Waals surface area contributed by atoms with Crippen molar-refractivity contribution >= 4 is 21.9 Å². The van der Waals surface area contributed by atoms with Crippen LogP contribution < -0.4 is 0 Å². The van der Waals surface area contributed by atoms with Crippen molar-refractivity contribution in [2.75, 3.05) is 0 Å². The lowest BCUT2D eigenvalue weighted by Gasteiger charge is -2.01. The molecule has 0 bridgehead atoms. The Labute approximate surface area is 106 Å². The minimum absolute atomic E-state index is 0.0181. The minimum atomic E-state index is -0.423. The molecular formula is C11H9BrN2O3. The van der Waals surface area contributed by atoms with Gasteiger partial charge in [-0.25, -0.2) is 4.79 Å². The summed E-state index contributed by atoms with van der Waals surface area (Å²) in [6.45, 7) is 1.68. The summed E-state index contributed by atoms with van der Waals surface area (Å²) in [5.41, 5.74) is 0.476. The second-order valence-electron chi connectivity index (χ2n) is 3.32. The number of carbonyl (C=O) groups is 1. The average molecular weight is 297 g/mol. The molecule has 2 rings (SSSR count). The molecule has 0 amide bonds. The lowest BCUT2D eigenvalue weighted by atomic mass is 10.2. The van der Waals surface area contributed by atoms with E-state index in [4.69, 9.17) is 9.26 Å². The highest BCUT2D eigenvalue weighted by Crippen LogP contribution is 2.11. The Morgan fingerprint density at radius 2 is 2.12 bits per heavy atom. The van der Waals surface area contributed by atoms with Crippen LogP contribution in [0.3, 0.4) is 0 Å². The molecule has 1 aromatic carbocycles. The van der Waals surface area contributed by atoms with Gasteiger partial charge in [0, 0.05) is 4.47 Å². The Hall–Kier alpha value is -1.69. The lowest BCUT2D eigenvalue weighted by molar-refractivity contribution is 0.0430. The SMILES string of the molecule is Cc1noc(COC(=O)c2ccc(Br)cc2)n1. The van der Waals surface area contributed by atoms with Crippen molar-refractivity contribution in [2.24, 2.45) is 0 Å². The van der Waals surface area contributed by atoms with Crippen molar-refractivity contribution in [3.63, 3.8) is 0 Å². The number of aryl methyl sites for hydroxylation is 1. The van der Waals surface area contributed by atoms with Crippen LogP contribution in [0.15, 0.2) is 33.3 Å². The van der Waals surface area contributed by atoms with Gasteiger partial charge in [-0.1, -0.05) is 21.1 Å². The Morgan fingerprint density at radius 3 is 2.71 bits per heavy atom. The second-order valence-corrected chi connectivity index (χ2v) is 4.23. The first-order chi connectivity index (χ1) is 8.15. The van der Waals surface area contributed by atoms with Gasteiger partial charge in [-0.15, -0.1) is 0 Å². The van der Waals surface area contributed by atoms with Gasteiger partial charge in [-0.2, -0.15) is 4.98 Å². The third kappa shape index (κ3) is 3.13. The fourth-order valence-electron chi connectivity index (χ4n) is 1.20. The molecule has 6 heteroatoms. The van der Waals surface area contributed by atoms with Crippen LogP contribution in [0.4, 0.5) is 0 Å². The van der Waals surface area contributed by atoms with Crippen LogP contribution in [0.1, 0.15) is 22.1 Å². The molecule has 0 saturated heterocycles. The van der Waals surface area contributed by atoms with E-state index >= 15 is 0 Å². The van der Waals surface area contributed by atoms with Crippen LogP contribution in [0.2, 0.25) is 0 Å². The molecule has 1 heterocycles. The molecule has 0 unspecified atom stereocenters. The average Bonchev–Trinajstić information content (AvgIpc) is 2.73. The number of ether oxygens (including phenoxy) is 1. The van der Waals surface area contributed by atoms with Crippen molar-refractivity contribution in [3.05, 3.63) is 46.0 Å². The summed E-state index contributed by atoms with van der Waals surface area (Å²) < 4.78 is 10.7. The van der Waals surface area contributed by atoms with E-state index in [9.17, 15) is 4.79 Å². The number of carbonyl (C=O) groups excluding carboxylic acids is 1. The third-order valence-corrected chi connectivity index (χ3v) is 2.50. The number of nitrogens with zero attached hydrogens (tertiary/aromatic N) is 2. The Balaban J connectivity index is 1.95. The number of hydrogen-bond donors (Lipinski definition) is 0.